The number of carbonyl (C=O) groups is 2. The van der Waals surface area contributed by atoms with Gasteiger partial charge in [0.05, 0.1) is 5.02 Å². The molecule has 1 atom stereocenters. The monoisotopic (exact) mass is 386 g/mol. The fourth-order valence-electron chi connectivity index (χ4n) is 3.31. The molecule has 6 nitrogen and oxygen atoms in total. The molecule has 27 heavy (non-hydrogen) atoms. The molecule has 3 rings (SSSR count). The average molecular weight is 387 g/mol. The number of pyridine rings is 1. The van der Waals surface area contributed by atoms with Crippen molar-refractivity contribution in [2.45, 2.75) is 25.8 Å². The molecule has 142 valence electrons. The molecule has 0 saturated carbocycles. The van der Waals surface area contributed by atoms with E-state index < -0.39 is 6.04 Å². The summed E-state index contributed by atoms with van der Waals surface area (Å²) in [7, 11) is 1.78. The highest BCUT2D eigenvalue weighted by Gasteiger charge is 2.35. The van der Waals surface area contributed by atoms with Crippen LogP contribution in [-0.4, -0.2) is 52.8 Å². The molecule has 1 aromatic carbocycles. The van der Waals surface area contributed by atoms with Crippen LogP contribution in [0.25, 0.3) is 11.1 Å². The molecule has 2 N–H and O–H groups in total. The van der Waals surface area contributed by atoms with Crippen molar-refractivity contribution in [2.24, 2.45) is 0 Å². The highest BCUT2D eigenvalue weighted by molar-refractivity contribution is 6.33. The first kappa shape index (κ1) is 19.2. The SMILES string of the molecule is CCC[C@@H]1C(=O)N(C)CCN1C(=O)c1cccc(-c2cnc(N)c(Cl)c2)c1. The van der Waals surface area contributed by atoms with Gasteiger partial charge in [0.2, 0.25) is 5.91 Å². The van der Waals surface area contributed by atoms with Crippen molar-refractivity contribution in [3.05, 3.63) is 47.1 Å². The van der Waals surface area contributed by atoms with Crippen molar-refractivity contribution in [1.82, 2.24) is 14.8 Å². The molecule has 2 heterocycles. The summed E-state index contributed by atoms with van der Waals surface area (Å²) in [6.07, 6.45) is 3.12. The van der Waals surface area contributed by atoms with Gasteiger partial charge in [0.15, 0.2) is 0 Å². The highest BCUT2D eigenvalue weighted by atomic mass is 35.5. The number of nitrogen functional groups attached to an aromatic ring is 1. The maximum absolute atomic E-state index is 13.1. The van der Waals surface area contributed by atoms with E-state index in [-0.39, 0.29) is 17.6 Å². The Hall–Kier alpha value is -2.60. The van der Waals surface area contributed by atoms with Crippen molar-refractivity contribution in [3.8, 4) is 11.1 Å². The van der Waals surface area contributed by atoms with Gasteiger partial charge in [-0.15, -0.1) is 0 Å². The Morgan fingerprint density at radius 2 is 2.07 bits per heavy atom. The minimum atomic E-state index is -0.405. The lowest BCUT2D eigenvalue weighted by Crippen LogP contribution is -2.57. The van der Waals surface area contributed by atoms with Crippen molar-refractivity contribution < 1.29 is 9.59 Å². The Bertz CT molecular complexity index is 871. The van der Waals surface area contributed by atoms with E-state index in [9.17, 15) is 9.59 Å². The molecule has 1 saturated heterocycles. The number of carbonyl (C=O) groups excluding carboxylic acids is 2. The Morgan fingerprint density at radius 1 is 1.30 bits per heavy atom. The summed E-state index contributed by atoms with van der Waals surface area (Å²) in [6, 6.07) is 8.60. The third kappa shape index (κ3) is 3.90. The second-order valence-corrected chi connectivity index (χ2v) is 7.14. The number of nitrogens with two attached hydrogens (primary N) is 1. The maximum atomic E-state index is 13.1. The van der Waals surface area contributed by atoms with E-state index >= 15 is 0 Å². The van der Waals surface area contributed by atoms with E-state index in [2.05, 4.69) is 4.98 Å². The molecule has 1 fully saturated rings. The smallest absolute Gasteiger partial charge is 0.254 e. The zero-order chi connectivity index (χ0) is 19.6. The lowest BCUT2D eigenvalue weighted by Gasteiger charge is -2.39. The van der Waals surface area contributed by atoms with Crippen molar-refractivity contribution in [1.29, 1.82) is 0 Å². The minimum Gasteiger partial charge on any atom is -0.382 e. The number of anilines is 1. The van der Waals surface area contributed by atoms with Crippen molar-refractivity contribution in [3.63, 3.8) is 0 Å². The first-order valence-electron chi connectivity index (χ1n) is 8.99. The van der Waals surface area contributed by atoms with Gasteiger partial charge < -0.3 is 15.5 Å². The van der Waals surface area contributed by atoms with Crippen LogP contribution in [0.5, 0.6) is 0 Å². The number of halogens is 1. The summed E-state index contributed by atoms with van der Waals surface area (Å²) < 4.78 is 0. The summed E-state index contributed by atoms with van der Waals surface area (Å²) in [6.45, 7) is 3.09. The third-order valence-corrected chi connectivity index (χ3v) is 5.15. The molecule has 2 amide bonds. The molecule has 0 unspecified atom stereocenters. The Balaban J connectivity index is 1.90. The summed E-state index contributed by atoms with van der Waals surface area (Å²) in [5, 5.41) is 0.372. The molecular formula is C20H23ClN4O2. The number of aromatic nitrogens is 1. The van der Waals surface area contributed by atoms with E-state index in [1.807, 2.05) is 19.1 Å². The zero-order valence-corrected chi connectivity index (χ0v) is 16.2. The summed E-state index contributed by atoms with van der Waals surface area (Å²) >= 11 is 6.07. The lowest BCUT2D eigenvalue weighted by atomic mass is 10.0. The van der Waals surface area contributed by atoms with Gasteiger partial charge >= 0.3 is 0 Å². The lowest BCUT2D eigenvalue weighted by molar-refractivity contribution is -0.138. The zero-order valence-electron chi connectivity index (χ0n) is 15.5. The summed E-state index contributed by atoms with van der Waals surface area (Å²) in [4.78, 5) is 33.1. The number of nitrogens with zero attached hydrogens (tertiary/aromatic N) is 3. The van der Waals surface area contributed by atoms with Gasteiger partial charge in [0.1, 0.15) is 11.9 Å². The number of hydrogen-bond donors (Lipinski definition) is 1. The summed E-state index contributed by atoms with van der Waals surface area (Å²) in [5.41, 5.74) is 7.81. The number of amides is 2. The van der Waals surface area contributed by atoms with Crippen LogP contribution in [0.2, 0.25) is 5.02 Å². The number of benzene rings is 1. The quantitative estimate of drug-likeness (QED) is 0.875. The van der Waals surface area contributed by atoms with Gasteiger partial charge in [-0.3, -0.25) is 9.59 Å². The van der Waals surface area contributed by atoms with Gasteiger partial charge in [-0.2, -0.15) is 0 Å². The van der Waals surface area contributed by atoms with Crippen LogP contribution in [0.1, 0.15) is 30.1 Å². The van der Waals surface area contributed by atoms with E-state index in [1.54, 1.807) is 41.2 Å². The molecule has 1 aliphatic heterocycles. The van der Waals surface area contributed by atoms with Gasteiger partial charge in [-0.1, -0.05) is 37.1 Å². The van der Waals surface area contributed by atoms with Crippen LogP contribution in [0.3, 0.4) is 0 Å². The van der Waals surface area contributed by atoms with E-state index in [1.165, 1.54) is 0 Å². The second kappa shape index (κ2) is 7.96. The predicted octanol–water partition coefficient (Wildman–Crippen LogP) is 3.07. The highest BCUT2D eigenvalue weighted by Crippen LogP contribution is 2.26. The Kier molecular flexibility index (Phi) is 5.65. The van der Waals surface area contributed by atoms with Gasteiger partial charge in [-0.05, 0) is 30.2 Å². The molecule has 1 aromatic heterocycles. The average Bonchev–Trinajstić information content (AvgIpc) is 2.67. The largest absolute Gasteiger partial charge is 0.382 e. The molecule has 0 spiro atoms. The van der Waals surface area contributed by atoms with Gasteiger partial charge in [0.25, 0.3) is 5.91 Å². The van der Waals surface area contributed by atoms with E-state index in [4.69, 9.17) is 17.3 Å². The number of likely N-dealkylation sites (N-methyl/N-ethyl adjacent to an activating group) is 1. The van der Waals surface area contributed by atoms with Crippen LogP contribution in [0.15, 0.2) is 36.5 Å². The van der Waals surface area contributed by atoms with Crippen molar-refractivity contribution >= 4 is 29.2 Å². The molecule has 0 radical (unpaired) electrons. The van der Waals surface area contributed by atoms with Gasteiger partial charge in [0, 0.05) is 37.5 Å². The second-order valence-electron chi connectivity index (χ2n) is 6.73. The molecule has 0 aliphatic carbocycles. The van der Waals surface area contributed by atoms with Crippen LogP contribution >= 0.6 is 11.6 Å². The van der Waals surface area contributed by atoms with Crippen LogP contribution in [-0.2, 0) is 4.79 Å². The third-order valence-electron chi connectivity index (χ3n) is 4.85. The molecular weight excluding hydrogens is 364 g/mol. The number of hydrogen-bond acceptors (Lipinski definition) is 4. The van der Waals surface area contributed by atoms with Crippen molar-refractivity contribution in [2.75, 3.05) is 25.9 Å². The summed E-state index contributed by atoms with van der Waals surface area (Å²) in [5.74, 6) is 0.138. The first-order chi connectivity index (χ1) is 12.9. The normalized spacial score (nSPS) is 17.3. The van der Waals surface area contributed by atoms with Crippen LogP contribution in [0.4, 0.5) is 5.82 Å². The van der Waals surface area contributed by atoms with Crippen LogP contribution in [0, 0.1) is 0 Å². The minimum absolute atomic E-state index is 0.00196. The molecule has 7 heteroatoms. The number of rotatable bonds is 4. The topological polar surface area (TPSA) is 79.5 Å². The maximum Gasteiger partial charge on any atom is 0.254 e. The fraction of sp³-hybridized carbons (Fsp3) is 0.350. The fourth-order valence-corrected chi connectivity index (χ4v) is 3.48. The first-order valence-corrected chi connectivity index (χ1v) is 9.37. The standard InChI is InChI=1S/C20H23ClN4O2/c1-3-5-17-20(27)24(2)8-9-25(17)19(26)14-7-4-6-13(10-14)15-11-16(21)18(22)23-12-15/h4,6-7,10-12,17H,3,5,8-9H2,1-2H3,(H2,22,23)/t17-/m1/s1. The van der Waals surface area contributed by atoms with Gasteiger partial charge in [-0.25, -0.2) is 4.98 Å². The molecule has 1 aliphatic rings. The Morgan fingerprint density at radius 3 is 2.78 bits per heavy atom. The van der Waals surface area contributed by atoms with Crippen LogP contribution < -0.4 is 5.73 Å². The molecule has 0 bridgehead atoms. The molecule has 2 aromatic rings. The van der Waals surface area contributed by atoms with E-state index in [0.717, 1.165) is 17.5 Å². The number of piperazine rings is 1. The predicted molar refractivity (Wildman–Crippen MR) is 106 cm³/mol. The Labute approximate surface area is 163 Å². The van der Waals surface area contributed by atoms with E-state index in [0.29, 0.717) is 30.1 Å².